The summed E-state index contributed by atoms with van der Waals surface area (Å²) in [5.74, 6) is -0.227. The number of rotatable bonds is 2. The van der Waals surface area contributed by atoms with Crippen LogP contribution in [0.15, 0.2) is 36.4 Å². The van der Waals surface area contributed by atoms with E-state index in [1.165, 1.54) is 12.1 Å². The van der Waals surface area contributed by atoms with E-state index in [2.05, 4.69) is 0 Å². The van der Waals surface area contributed by atoms with Gasteiger partial charge in [0, 0.05) is 5.56 Å². The van der Waals surface area contributed by atoms with Crippen molar-refractivity contribution in [2.45, 2.75) is 13.8 Å². The lowest BCUT2D eigenvalue weighted by Crippen LogP contribution is -1.91. The summed E-state index contributed by atoms with van der Waals surface area (Å²) in [5, 5.41) is 0. The third kappa shape index (κ3) is 2.26. The first-order chi connectivity index (χ1) is 8.11. The van der Waals surface area contributed by atoms with E-state index >= 15 is 0 Å². The fourth-order valence-electron chi connectivity index (χ4n) is 2.13. The second-order valence-electron chi connectivity index (χ2n) is 4.16. The molecule has 86 valence electrons. The van der Waals surface area contributed by atoms with Gasteiger partial charge in [-0.15, -0.1) is 0 Å². The van der Waals surface area contributed by atoms with Crippen molar-refractivity contribution in [2.24, 2.45) is 0 Å². The van der Waals surface area contributed by atoms with Crippen molar-refractivity contribution in [3.63, 3.8) is 0 Å². The lowest BCUT2D eigenvalue weighted by Gasteiger charge is -2.10. The van der Waals surface area contributed by atoms with Crippen LogP contribution < -0.4 is 0 Å². The van der Waals surface area contributed by atoms with E-state index < -0.39 is 0 Å². The van der Waals surface area contributed by atoms with Gasteiger partial charge in [0.2, 0.25) is 0 Å². The number of aldehydes is 1. The molecule has 17 heavy (non-hydrogen) atoms. The van der Waals surface area contributed by atoms with E-state index in [0.29, 0.717) is 5.56 Å². The summed E-state index contributed by atoms with van der Waals surface area (Å²) in [6.07, 6.45) is 0.817. The van der Waals surface area contributed by atoms with Crippen molar-refractivity contribution < 1.29 is 9.18 Å². The topological polar surface area (TPSA) is 17.1 Å². The Labute approximate surface area is 99.9 Å². The highest BCUT2D eigenvalue weighted by Crippen LogP contribution is 2.28. The minimum Gasteiger partial charge on any atom is -0.298 e. The highest BCUT2D eigenvalue weighted by molar-refractivity contribution is 5.80. The zero-order valence-corrected chi connectivity index (χ0v) is 9.83. The largest absolute Gasteiger partial charge is 0.298 e. The van der Waals surface area contributed by atoms with Crippen molar-refractivity contribution in [3.05, 3.63) is 58.9 Å². The molecule has 0 spiro atoms. The summed E-state index contributed by atoms with van der Waals surface area (Å²) in [6.45, 7) is 3.75. The van der Waals surface area contributed by atoms with Crippen LogP contribution in [0.5, 0.6) is 0 Å². The zero-order chi connectivity index (χ0) is 12.4. The summed E-state index contributed by atoms with van der Waals surface area (Å²) in [4.78, 5) is 10.8. The Kier molecular flexibility index (Phi) is 3.05. The summed E-state index contributed by atoms with van der Waals surface area (Å²) < 4.78 is 13.2. The van der Waals surface area contributed by atoms with Crippen LogP contribution in [0, 0.1) is 19.7 Å². The van der Waals surface area contributed by atoms with Crippen LogP contribution in [0.4, 0.5) is 4.39 Å². The summed E-state index contributed by atoms with van der Waals surface area (Å²) in [7, 11) is 0. The van der Waals surface area contributed by atoms with Crippen LogP contribution in [-0.4, -0.2) is 6.29 Å². The molecule has 1 nitrogen and oxygen atoms in total. The van der Waals surface area contributed by atoms with Crippen molar-refractivity contribution in [3.8, 4) is 11.1 Å². The smallest absolute Gasteiger partial charge is 0.150 e. The molecule has 0 atom stereocenters. The predicted octanol–water partition coefficient (Wildman–Crippen LogP) is 3.92. The van der Waals surface area contributed by atoms with Gasteiger partial charge in [0.15, 0.2) is 0 Å². The van der Waals surface area contributed by atoms with Crippen LogP contribution in [0.2, 0.25) is 0 Å². The molecule has 0 aliphatic carbocycles. The molecular weight excluding hydrogens is 215 g/mol. The molecule has 0 fully saturated rings. The van der Waals surface area contributed by atoms with Gasteiger partial charge in [0.1, 0.15) is 12.1 Å². The van der Waals surface area contributed by atoms with Crippen molar-refractivity contribution >= 4 is 6.29 Å². The van der Waals surface area contributed by atoms with E-state index in [-0.39, 0.29) is 5.82 Å². The second kappa shape index (κ2) is 4.50. The summed E-state index contributed by atoms with van der Waals surface area (Å²) in [6, 6.07) is 10.4. The van der Waals surface area contributed by atoms with Crippen molar-refractivity contribution in [2.75, 3.05) is 0 Å². The average molecular weight is 228 g/mol. The molecule has 2 rings (SSSR count). The highest BCUT2D eigenvalue weighted by atomic mass is 19.1. The predicted molar refractivity (Wildman–Crippen MR) is 66.7 cm³/mol. The maximum Gasteiger partial charge on any atom is 0.150 e. The van der Waals surface area contributed by atoms with Gasteiger partial charge in [-0.05, 0) is 54.3 Å². The standard InChI is InChI=1S/C15H13FO/c1-10-6-14(16)7-11(2)15(10)13-5-3-4-12(8-13)9-17/h3-9H,1-2H3. The first-order valence-electron chi connectivity index (χ1n) is 5.44. The number of benzene rings is 2. The second-order valence-corrected chi connectivity index (χ2v) is 4.16. The van der Waals surface area contributed by atoms with Crippen LogP contribution >= 0.6 is 0 Å². The molecule has 2 aromatic carbocycles. The van der Waals surface area contributed by atoms with Gasteiger partial charge in [0.25, 0.3) is 0 Å². The maximum absolute atomic E-state index is 13.2. The Bertz CT molecular complexity index is 550. The van der Waals surface area contributed by atoms with E-state index in [4.69, 9.17) is 0 Å². The van der Waals surface area contributed by atoms with Gasteiger partial charge in [-0.1, -0.05) is 18.2 Å². The Hall–Kier alpha value is -1.96. The molecular formula is C15H13FO. The molecule has 0 bridgehead atoms. The van der Waals surface area contributed by atoms with Gasteiger partial charge < -0.3 is 0 Å². The molecule has 0 aromatic heterocycles. The summed E-state index contributed by atoms with van der Waals surface area (Å²) >= 11 is 0. The van der Waals surface area contributed by atoms with Crippen LogP contribution in [0.1, 0.15) is 21.5 Å². The van der Waals surface area contributed by atoms with Gasteiger partial charge in [-0.2, -0.15) is 0 Å². The van der Waals surface area contributed by atoms with E-state index in [1.54, 1.807) is 6.07 Å². The van der Waals surface area contributed by atoms with Crippen LogP contribution in [-0.2, 0) is 0 Å². The number of carbonyl (C=O) groups excluding carboxylic acids is 1. The Morgan fingerprint density at radius 1 is 1.06 bits per heavy atom. The van der Waals surface area contributed by atoms with E-state index in [0.717, 1.165) is 28.5 Å². The average Bonchev–Trinajstić information content (AvgIpc) is 2.28. The fourth-order valence-corrected chi connectivity index (χ4v) is 2.13. The maximum atomic E-state index is 13.2. The molecule has 0 saturated carbocycles. The molecule has 0 saturated heterocycles. The monoisotopic (exact) mass is 228 g/mol. The van der Waals surface area contributed by atoms with Gasteiger partial charge in [0.05, 0.1) is 0 Å². The fraction of sp³-hybridized carbons (Fsp3) is 0.133. The Morgan fingerprint density at radius 3 is 2.29 bits per heavy atom. The van der Waals surface area contributed by atoms with E-state index in [9.17, 15) is 9.18 Å². The van der Waals surface area contributed by atoms with Crippen LogP contribution in [0.25, 0.3) is 11.1 Å². The molecule has 0 heterocycles. The third-order valence-corrected chi connectivity index (χ3v) is 2.81. The van der Waals surface area contributed by atoms with Crippen molar-refractivity contribution in [1.82, 2.24) is 0 Å². The molecule has 0 unspecified atom stereocenters. The SMILES string of the molecule is Cc1cc(F)cc(C)c1-c1cccc(C=O)c1. The number of hydrogen-bond acceptors (Lipinski definition) is 1. The zero-order valence-electron chi connectivity index (χ0n) is 9.83. The summed E-state index contributed by atoms with van der Waals surface area (Å²) in [5.41, 5.74) is 4.33. The number of hydrogen-bond donors (Lipinski definition) is 0. The van der Waals surface area contributed by atoms with Gasteiger partial charge in [-0.3, -0.25) is 4.79 Å². The Morgan fingerprint density at radius 2 is 1.71 bits per heavy atom. The number of carbonyl (C=O) groups is 1. The number of halogens is 1. The molecule has 0 N–H and O–H groups in total. The Balaban J connectivity index is 2.63. The molecule has 0 radical (unpaired) electrons. The quantitative estimate of drug-likeness (QED) is 0.712. The molecule has 0 aliphatic rings. The molecule has 2 heteroatoms. The molecule has 0 amide bonds. The van der Waals surface area contributed by atoms with Gasteiger partial charge >= 0.3 is 0 Å². The third-order valence-electron chi connectivity index (χ3n) is 2.81. The van der Waals surface area contributed by atoms with Gasteiger partial charge in [-0.25, -0.2) is 4.39 Å². The highest BCUT2D eigenvalue weighted by Gasteiger charge is 2.08. The van der Waals surface area contributed by atoms with E-state index in [1.807, 2.05) is 32.0 Å². The minimum atomic E-state index is -0.227. The number of aryl methyl sites for hydroxylation is 2. The molecule has 2 aromatic rings. The first kappa shape index (κ1) is 11.5. The minimum absolute atomic E-state index is 0.227. The molecule has 0 aliphatic heterocycles. The lowest BCUT2D eigenvalue weighted by atomic mass is 9.94. The lowest BCUT2D eigenvalue weighted by molar-refractivity contribution is 0.112. The van der Waals surface area contributed by atoms with Crippen LogP contribution in [0.3, 0.4) is 0 Å². The normalized spacial score (nSPS) is 10.3. The first-order valence-corrected chi connectivity index (χ1v) is 5.44. The van der Waals surface area contributed by atoms with Crippen molar-refractivity contribution in [1.29, 1.82) is 0 Å².